The van der Waals surface area contributed by atoms with Crippen LogP contribution in [0.1, 0.15) is 44.6 Å². The highest BCUT2D eigenvalue weighted by Crippen LogP contribution is 2.26. The SMILES string of the molecule is CCCCCCN(CCCOS(=O)(=O)c1ccc(C)cc1)S(=O)(=O)c1cccc2cnccc12. The maximum Gasteiger partial charge on any atom is 0.296 e. The molecule has 0 spiro atoms. The van der Waals surface area contributed by atoms with Crippen LogP contribution in [-0.2, 0) is 24.3 Å². The Labute approximate surface area is 203 Å². The molecule has 0 fully saturated rings. The first kappa shape index (κ1) is 26.3. The molecule has 9 heteroatoms. The number of aromatic nitrogens is 1. The van der Waals surface area contributed by atoms with Crippen LogP contribution in [0.25, 0.3) is 10.8 Å². The van der Waals surface area contributed by atoms with Crippen molar-refractivity contribution in [2.24, 2.45) is 0 Å². The van der Waals surface area contributed by atoms with E-state index in [9.17, 15) is 16.8 Å². The van der Waals surface area contributed by atoms with E-state index in [0.29, 0.717) is 11.9 Å². The fourth-order valence-electron chi connectivity index (χ4n) is 3.71. The third-order valence-electron chi connectivity index (χ3n) is 5.62. The highest BCUT2D eigenvalue weighted by atomic mass is 32.2. The monoisotopic (exact) mass is 504 g/mol. The molecule has 3 aromatic rings. The Balaban J connectivity index is 1.73. The van der Waals surface area contributed by atoms with Gasteiger partial charge in [0, 0.05) is 36.3 Å². The zero-order valence-corrected chi connectivity index (χ0v) is 21.3. The fraction of sp³-hybridized carbons (Fsp3) is 0.400. The highest BCUT2D eigenvalue weighted by molar-refractivity contribution is 7.89. The minimum Gasteiger partial charge on any atom is -0.266 e. The minimum atomic E-state index is -3.89. The van der Waals surface area contributed by atoms with Gasteiger partial charge in [-0.25, -0.2) is 8.42 Å². The first-order valence-corrected chi connectivity index (χ1v) is 14.4. The third-order valence-corrected chi connectivity index (χ3v) is 8.90. The molecule has 7 nitrogen and oxygen atoms in total. The molecule has 0 saturated carbocycles. The summed E-state index contributed by atoms with van der Waals surface area (Å²) < 4.78 is 58.7. The van der Waals surface area contributed by atoms with Crippen molar-refractivity contribution >= 4 is 30.9 Å². The molecule has 2 aromatic carbocycles. The molecule has 0 bridgehead atoms. The van der Waals surface area contributed by atoms with Crippen LogP contribution in [0.5, 0.6) is 0 Å². The van der Waals surface area contributed by atoms with Crippen molar-refractivity contribution in [3.63, 3.8) is 0 Å². The molecule has 0 N–H and O–H groups in total. The first-order chi connectivity index (χ1) is 16.3. The maximum atomic E-state index is 13.6. The van der Waals surface area contributed by atoms with E-state index in [4.69, 9.17) is 4.18 Å². The van der Waals surface area contributed by atoms with Gasteiger partial charge in [0.1, 0.15) is 0 Å². The number of hydrogen-bond acceptors (Lipinski definition) is 6. The van der Waals surface area contributed by atoms with Gasteiger partial charge >= 0.3 is 0 Å². The molecular weight excluding hydrogens is 472 g/mol. The van der Waals surface area contributed by atoms with E-state index in [0.717, 1.165) is 36.6 Å². The van der Waals surface area contributed by atoms with E-state index < -0.39 is 20.1 Å². The third kappa shape index (κ3) is 6.63. The molecule has 0 saturated heterocycles. The quantitative estimate of drug-likeness (QED) is 0.243. The smallest absolute Gasteiger partial charge is 0.266 e. The molecule has 0 atom stereocenters. The lowest BCUT2D eigenvalue weighted by molar-refractivity contribution is 0.290. The Kier molecular flexibility index (Phi) is 9.18. The molecule has 0 unspecified atom stereocenters. The van der Waals surface area contributed by atoms with Crippen molar-refractivity contribution in [3.8, 4) is 0 Å². The molecule has 0 amide bonds. The van der Waals surface area contributed by atoms with Crippen LogP contribution in [0.3, 0.4) is 0 Å². The maximum absolute atomic E-state index is 13.6. The molecule has 1 aromatic heterocycles. The summed E-state index contributed by atoms with van der Waals surface area (Å²) in [6.07, 6.45) is 7.23. The van der Waals surface area contributed by atoms with Crippen molar-refractivity contribution in [1.29, 1.82) is 0 Å². The van der Waals surface area contributed by atoms with Crippen molar-refractivity contribution in [3.05, 3.63) is 66.5 Å². The summed E-state index contributed by atoms with van der Waals surface area (Å²) in [6.45, 7) is 4.41. The van der Waals surface area contributed by atoms with Gasteiger partial charge in [-0.3, -0.25) is 9.17 Å². The second kappa shape index (κ2) is 11.9. The van der Waals surface area contributed by atoms with Gasteiger partial charge in [0.2, 0.25) is 10.0 Å². The molecule has 3 rings (SSSR count). The Morgan fingerprint density at radius 1 is 0.882 bits per heavy atom. The van der Waals surface area contributed by atoms with E-state index in [1.54, 1.807) is 42.7 Å². The van der Waals surface area contributed by atoms with Crippen molar-refractivity contribution in [2.75, 3.05) is 19.7 Å². The predicted molar refractivity (Wildman–Crippen MR) is 134 cm³/mol. The van der Waals surface area contributed by atoms with Gasteiger partial charge in [-0.2, -0.15) is 12.7 Å². The van der Waals surface area contributed by atoms with Gasteiger partial charge in [-0.1, -0.05) is 56.0 Å². The Morgan fingerprint density at radius 3 is 2.35 bits per heavy atom. The summed E-state index contributed by atoms with van der Waals surface area (Å²) >= 11 is 0. The minimum absolute atomic E-state index is 0.0894. The lowest BCUT2D eigenvalue weighted by atomic mass is 10.2. The molecule has 1 heterocycles. The summed E-state index contributed by atoms with van der Waals surface area (Å²) in [5.41, 5.74) is 0.951. The van der Waals surface area contributed by atoms with Crippen molar-refractivity contribution in [2.45, 2.75) is 55.7 Å². The van der Waals surface area contributed by atoms with E-state index in [1.165, 1.54) is 16.4 Å². The van der Waals surface area contributed by atoms with Crippen LogP contribution in [-0.4, -0.2) is 45.8 Å². The number of pyridine rings is 1. The zero-order valence-electron chi connectivity index (χ0n) is 19.7. The molecule has 0 radical (unpaired) electrons. The topological polar surface area (TPSA) is 93.6 Å². The second-order valence-electron chi connectivity index (χ2n) is 8.26. The Hall–Kier alpha value is -2.33. The highest BCUT2D eigenvalue weighted by Gasteiger charge is 2.26. The molecule has 0 aliphatic rings. The average molecular weight is 505 g/mol. The van der Waals surface area contributed by atoms with E-state index in [1.807, 2.05) is 13.0 Å². The number of benzene rings is 2. The number of hydrogen-bond donors (Lipinski definition) is 0. The lowest BCUT2D eigenvalue weighted by Crippen LogP contribution is -2.34. The number of rotatable bonds is 13. The van der Waals surface area contributed by atoms with Crippen molar-refractivity contribution < 1.29 is 21.0 Å². The van der Waals surface area contributed by atoms with Gasteiger partial charge in [0.15, 0.2) is 0 Å². The summed E-state index contributed by atoms with van der Waals surface area (Å²) in [5, 5.41) is 1.37. The number of sulfonamides is 1. The standard InChI is InChI=1S/C25H32N2O5S2/c1-3-4-5-6-17-27(18-8-19-32-34(30,31)23-13-11-21(2)12-14-23)33(28,29)25-10-7-9-22-20-26-16-15-24(22)25/h7,9-16,20H,3-6,8,17-19H2,1-2H3. The molecule has 0 aliphatic heterocycles. The van der Waals surface area contributed by atoms with Crippen molar-refractivity contribution in [1.82, 2.24) is 9.29 Å². The van der Waals surface area contributed by atoms with E-state index >= 15 is 0 Å². The molecule has 34 heavy (non-hydrogen) atoms. The van der Waals surface area contributed by atoms with Crippen LogP contribution in [0.2, 0.25) is 0 Å². The fourth-order valence-corrected chi connectivity index (χ4v) is 6.38. The van der Waals surface area contributed by atoms with Crippen LogP contribution < -0.4 is 0 Å². The number of fused-ring (bicyclic) bond motifs is 1. The number of nitrogens with zero attached hydrogens (tertiary/aromatic N) is 2. The summed E-state index contributed by atoms with van der Waals surface area (Å²) in [4.78, 5) is 4.40. The Bertz CT molecular complexity index is 1290. The van der Waals surface area contributed by atoms with Gasteiger partial charge < -0.3 is 0 Å². The predicted octanol–water partition coefficient (Wildman–Crippen LogP) is 4.91. The van der Waals surface area contributed by atoms with Gasteiger partial charge in [-0.15, -0.1) is 0 Å². The normalized spacial score (nSPS) is 12.4. The van der Waals surface area contributed by atoms with Gasteiger partial charge in [-0.05, 0) is 44.0 Å². The van der Waals surface area contributed by atoms with Crippen LogP contribution in [0.4, 0.5) is 0 Å². The summed E-state index contributed by atoms with van der Waals surface area (Å²) in [5.74, 6) is 0. The van der Waals surface area contributed by atoms with Crippen LogP contribution in [0.15, 0.2) is 70.7 Å². The van der Waals surface area contributed by atoms with E-state index in [2.05, 4.69) is 11.9 Å². The number of aryl methyl sites for hydroxylation is 1. The van der Waals surface area contributed by atoms with Crippen LogP contribution >= 0.6 is 0 Å². The van der Waals surface area contributed by atoms with Gasteiger partial charge in [0.25, 0.3) is 10.1 Å². The Morgan fingerprint density at radius 2 is 1.62 bits per heavy atom. The molecule has 0 aliphatic carbocycles. The largest absolute Gasteiger partial charge is 0.296 e. The zero-order chi connectivity index (χ0) is 24.6. The number of unbranched alkanes of at least 4 members (excludes halogenated alkanes) is 3. The van der Waals surface area contributed by atoms with E-state index in [-0.39, 0.29) is 29.4 Å². The summed E-state index contributed by atoms with van der Waals surface area (Å²) in [6, 6.07) is 13.3. The molecule has 184 valence electrons. The lowest BCUT2D eigenvalue weighted by Gasteiger charge is -2.23. The van der Waals surface area contributed by atoms with Gasteiger partial charge in [0.05, 0.1) is 16.4 Å². The second-order valence-corrected chi connectivity index (χ2v) is 11.8. The first-order valence-electron chi connectivity index (χ1n) is 11.5. The molecular formula is C25H32N2O5S2. The summed E-state index contributed by atoms with van der Waals surface area (Å²) in [7, 11) is -7.68. The van der Waals surface area contributed by atoms with Crippen LogP contribution in [0, 0.1) is 6.92 Å². The average Bonchev–Trinajstić information content (AvgIpc) is 2.82.